The molecule has 0 aromatic rings. The van der Waals surface area contributed by atoms with E-state index >= 15 is 0 Å². The summed E-state index contributed by atoms with van der Waals surface area (Å²) < 4.78 is 0. The molecule has 0 saturated heterocycles. The minimum atomic E-state index is 1.23. The first-order valence-electron chi connectivity index (χ1n) is 3.16. The second-order valence-electron chi connectivity index (χ2n) is 2.56. The Morgan fingerprint density at radius 3 is 2.22 bits per heavy atom. The Kier molecular flexibility index (Phi) is 1.56. The van der Waals surface area contributed by atoms with E-state index in [1.165, 1.54) is 16.7 Å². The molecule has 0 aromatic heterocycles. The highest BCUT2D eigenvalue weighted by Crippen LogP contribution is 2.15. The van der Waals surface area contributed by atoms with Crippen LogP contribution in [0.5, 0.6) is 0 Å². The van der Waals surface area contributed by atoms with Crippen molar-refractivity contribution in [2.24, 2.45) is 0 Å². The summed E-state index contributed by atoms with van der Waals surface area (Å²) in [5.41, 5.74) is 3.81. The Hall–Kier alpha value is -0.780. The van der Waals surface area contributed by atoms with Crippen LogP contribution >= 0.6 is 0 Å². The minimum absolute atomic E-state index is 1.23. The van der Waals surface area contributed by atoms with Crippen LogP contribution in [0.1, 0.15) is 20.8 Å². The molecule has 1 aliphatic rings. The van der Waals surface area contributed by atoms with Crippen molar-refractivity contribution in [3.63, 3.8) is 0 Å². The van der Waals surface area contributed by atoms with Crippen molar-refractivity contribution in [3.05, 3.63) is 34.9 Å². The smallest absolute Gasteiger partial charge is 0.00741 e. The topological polar surface area (TPSA) is 0 Å². The first-order chi connectivity index (χ1) is 4.20. The van der Waals surface area contributed by atoms with E-state index in [0.29, 0.717) is 0 Å². The number of hydrogen-bond acceptors (Lipinski definition) is 0. The molecule has 1 radical (unpaired) electrons. The largest absolute Gasteiger partial charge is 0.0686 e. The molecule has 0 bridgehead atoms. The van der Waals surface area contributed by atoms with Crippen LogP contribution in [0.3, 0.4) is 0 Å². The molecule has 0 unspecified atom stereocenters. The van der Waals surface area contributed by atoms with Crippen molar-refractivity contribution >= 4 is 0 Å². The first kappa shape index (κ1) is 6.34. The maximum atomic E-state index is 3.24. The molecule has 1 rings (SSSR count). The fourth-order valence-electron chi connectivity index (χ4n) is 0.796. The molecule has 0 saturated carbocycles. The van der Waals surface area contributed by atoms with Crippen LogP contribution < -0.4 is 0 Å². The fraction of sp³-hybridized carbons (Fsp3) is 0.333. The average molecular weight is 119 g/mol. The fourth-order valence-corrected chi connectivity index (χ4v) is 0.796. The van der Waals surface area contributed by atoms with Gasteiger partial charge in [0.2, 0.25) is 0 Å². The molecule has 0 aliphatic heterocycles. The van der Waals surface area contributed by atoms with E-state index in [0.717, 1.165) is 0 Å². The summed E-state index contributed by atoms with van der Waals surface area (Å²) in [5, 5.41) is 0. The van der Waals surface area contributed by atoms with Gasteiger partial charge in [-0.15, -0.1) is 0 Å². The molecule has 0 spiro atoms. The van der Waals surface area contributed by atoms with Gasteiger partial charge in [0, 0.05) is 0 Å². The monoisotopic (exact) mass is 119 g/mol. The van der Waals surface area contributed by atoms with Crippen LogP contribution in [-0.2, 0) is 0 Å². The quantitative estimate of drug-likeness (QED) is 0.460. The highest BCUT2D eigenvalue weighted by atomic mass is 14.0. The Balaban J connectivity index is 2.95. The third-order valence-electron chi connectivity index (χ3n) is 1.37. The molecular formula is C9H11. The van der Waals surface area contributed by atoms with Gasteiger partial charge in [0.15, 0.2) is 0 Å². The van der Waals surface area contributed by atoms with E-state index in [-0.39, 0.29) is 0 Å². The molecule has 0 heteroatoms. The van der Waals surface area contributed by atoms with Gasteiger partial charge in [0.05, 0.1) is 0 Å². The van der Waals surface area contributed by atoms with Crippen LogP contribution in [0, 0.1) is 6.08 Å². The standard InChI is InChI=1S/C9H11/c1-7(2)9-5-4-8(3)6-9/h4-5H,1-3H3. The second kappa shape index (κ2) is 2.22. The van der Waals surface area contributed by atoms with Gasteiger partial charge < -0.3 is 0 Å². The SMILES string of the molecule is CC1=[C]C(=C(C)C)C=C1. The molecule has 0 N–H and O–H groups in total. The zero-order valence-corrected chi connectivity index (χ0v) is 6.15. The van der Waals surface area contributed by atoms with Crippen molar-refractivity contribution in [3.8, 4) is 0 Å². The van der Waals surface area contributed by atoms with Gasteiger partial charge in [-0.2, -0.15) is 0 Å². The molecule has 0 nitrogen and oxygen atoms in total. The van der Waals surface area contributed by atoms with Gasteiger partial charge in [-0.25, -0.2) is 0 Å². The van der Waals surface area contributed by atoms with Gasteiger partial charge in [-0.1, -0.05) is 17.7 Å². The van der Waals surface area contributed by atoms with E-state index in [1.54, 1.807) is 0 Å². The third-order valence-corrected chi connectivity index (χ3v) is 1.37. The van der Waals surface area contributed by atoms with Crippen molar-refractivity contribution in [2.45, 2.75) is 20.8 Å². The van der Waals surface area contributed by atoms with E-state index in [4.69, 9.17) is 0 Å². The lowest BCUT2D eigenvalue weighted by molar-refractivity contribution is 1.33. The zero-order chi connectivity index (χ0) is 6.85. The highest BCUT2D eigenvalue weighted by molar-refractivity contribution is 5.42. The maximum Gasteiger partial charge on any atom is -0.00741 e. The van der Waals surface area contributed by atoms with Crippen molar-refractivity contribution in [2.75, 3.05) is 0 Å². The molecule has 1 aliphatic carbocycles. The highest BCUT2D eigenvalue weighted by Gasteiger charge is 1.97. The van der Waals surface area contributed by atoms with Gasteiger partial charge in [-0.3, -0.25) is 0 Å². The lowest BCUT2D eigenvalue weighted by Crippen LogP contribution is -1.71. The molecule has 0 heterocycles. The summed E-state index contributed by atoms with van der Waals surface area (Å²) in [7, 11) is 0. The number of hydrogen-bond donors (Lipinski definition) is 0. The molecule has 0 aromatic carbocycles. The predicted octanol–water partition coefficient (Wildman–Crippen LogP) is 2.64. The Labute approximate surface area is 56.6 Å². The van der Waals surface area contributed by atoms with E-state index in [9.17, 15) is 0 Å². The summed E-state index contributed by atoms with van der Waals surface area (Å²) in [6.45, 7) is 6.27. The summed E-state index contributed by atoms with van der Waals surface area (Å²) in [6, 6.07) is 0. The molecule has 0 atom stereocenters. The van der Waals surface area contributed by atoms with E-state index in [1.807, 2.05) is 0 Å². The molecule has 9 heavy (non-hydrogen) atoms. The zero-order valence-electron chi connectivity index (χ0n) is 6.15. The molecular weight excluding hydrogens is 108 g/mol. The van der Waals surface area contributed by atoms with Gasteiger partial charge >= 0.3 is 0 Å². The summed E-state index contributed by atoms with van der Waals surface area (Å²) in [5.74, 6) is 0. The van der Waals surface area contributed by atoms with Crippen molar-refractivity contribution in [1.82, 2.24) is 0 Å². The van der Waals surface area contributed by atoms with Gasteiger partial charge in [-0.05, 0) is 38.0 Å². The minimum Gasteiger partial charge on any atom is -0.0686 e. The van der Waals surface area contributed by atoms with E-state index < -0.39 is 0 Å². The Morgan fingerprint density at radius 2 is 2.00 bits per heavy atom. The normalized spacial score (nSPS) is 16.3. The summed E-state index contributed by atoms with van der Waals surface area (Å²) in [6.07, 6.45) is 7.43. The Morgan fingerprint density at radius 1 is 1.33 bits per heavy atom. The maximum absolute atomic E-state index is 3.24. The summed E-state index contributed by atoms with van der Waals surface area (Å²) in [4.78, 5) is 0. The second-order valence-corrected chi connectivity index (χ2v) is 2.56. The lowest BCUT2D eigenvalue weighted by Gasteiger charge is -1.89. The predicted molar refractivity (Wildman–Crippen MR) is 39.9 cm³/mol. The van der Waals surface area contributed by atoms with Crippen LogP contribution in [0.4, 0.5) is 0 Å². The molecule has 0 amide bonds. The van der Waals surface area contributed by atoms with Gasteiger partial charge in [0.25, 0.3) is 0 Å². The van der Waals surface area contributed by atoms with Crippen LogP contribution in [-0.4, -0.2) is 0 Å². The van der Waals surface area contributed by atoms with Crippen molar-refractivity contribution < 1.29 is 0 Å². The number of rotatable bonds is 0. The number of allylic oxidation sites excluding steroid dienone is 6. The van der Waals surface area contributed by atoms with Crippen LogP contribution in [0.15, 0.2) is 28.9 Å². The average Bonchev–Trinajstić information content (AvgIpc) is 2.14. The molecule has 47 valence electrons. The van der Waals surface area contributed by atoms with E-state index in [2.05, 4.69) is 39.0 Å². The van der Waals surface area contributed by atoms with Crippen LogP contribution in [0.25, 0.3) is 0 Å². The van der Waals surface area contributed by atoms with Gasteiger partial charge in [0.1, 0.15) is 0 Å². The summed E-state index contributed by atoms with van der Waals surface area (Å²) >= 11 is 0. The van der Waals surface area contributed by atoms with Crippen LogP contribution in [0.2, 0.25) is 0 Å². The first-order valence-corrected chi connectivity index (χ1v) is 3.16. The van der Waals surface area contributed by atoms with Crippen molar-refractivity contribution in [1.29, 1.82) is 0 Å². The Bertz CT molecular complexity index is 198. The molecule has 0 fully saturated rings. The lowest BCUT2D eigenvalue weighted by atomic mass is 10.2. The third kappa shape index (κ3) is 1.32.